The Hall–Kier alpha value is -1.62. The molecule has 0 aliphatic heterocycles. The highest BCUT2D eigenvalue weighted by Gasteiger charge is 2.12. The van der Waals surface area contributed by atoms with E-state index in [9.17, 15) is 18.0 Å². The number of Topliss-reactive ketones (excluding diaryl/α,β-unsaturated/α-hetero) is 1. The molecule has 0 aromatic heterocycles. The summed E-state index contributed by atoms with van der Waals surface area (Å²) in [4.78, 5) is 11.8. The maximum Gasteiger partial charge on any atom is 0.141 e. The van der Waals surface area contributed by atoms with E-state index in [1.807, 2.05) is 0 Å². The topological polar surface area (TPSA) is 17.1 Å². The van der Waals surface area contributed by atoms with Gasteiger partial charge in [0.05, 0.1) is 0 Å². The summed E-state index contributed by atoms with van der Waals surface area (Å²) in [5.74, 6) is -2.29. The van der Waals surface area contributed by atoms with E-state index in [1.165, 1.54) is 24.3 Å². The number of carbonyl (C=O) groups excluding carboxylic acids is 1. The molecule has 0 aliphatic carbocycles. The Morgan fingerprint density at radius 3 is 2.30 bits per heavy atom. The molecule has 2 rings (SSSR count). The largest absolute Gasteiger partial charge is 0.299 e. The Labute approximate surface area is 122 Å². The van der Waals surface area contributed by atoms with Gasteiger partial charge in [-0.2, -0.15) is 0 Å². The first kappa shape index (κ1) is 14.8. The third kappa shape index (κ3) is 3.70. The molecule has 0 saturated heterocycles. The maximum absolute atomic E-state index is 13.5. The van der Waals surface area contributed by atoms with Gasteiger partial charge in [0, 0.05) is 23.4 Å². The van der Waals surface area contributed by atoms with Gasteiger partial charge in [-0.3, -0.25) is 4.79 Å². The lowest BCUT2D eigenvalue weighted by Gasteiger charge is -2.05. The summed E-state index contributed by atoms with van der Waals surface area (Å²) in [6.07, 6.45) is -0.333. The summed E-state index contributed by atoms with van der Waals surface area (Å²) >= 11 is 3.19. The predicted molar refractivity (Wildman–Crippen MR) is 72.9 cm³/mol. The highest BCUT2D eigenvalue weighted by molar-refractivity contribution is 9.10. The SMILES string of the molecule is O=C(Cc1ccc(F)cc1F)Cc1cc(Br)ccc1F. The number of ketones is 1. The van der Waals surface area contributed by atoms with E-state index in [1.54, 1.807) is 0 Å². The lowest BCUT2D eigenvalue weighted by Crippen LogP contribution is -2.09. The van der Waals surface area contributed by atoms with Crippen LogP contribution in [0.5, 0.6) is 0 Å². The van der Waals surface area contributed by atoms with Gasteiger partial charge in [-0.1, -0.05) is 22.0 Å². The predicted octanol–water partition coefficient (Wildman–Crippen LogP) is 4.22. The molecule has 5 heteroatoms. The van der Waals surface area contributed by atoms with Gasteiger partial charge in [0.15, 0.2) is 0 Å². The van der Waals surface area contributed by atoms with E-state index in [4.69, 9.17) is 0 Å². The van der Waals surface area contributed by atoms with Crippen molar-refractivity contribution in [1.29, 1.82) is 0 Å². The second-order valence-electron chi connectivity index (χ2n) is 4.36. The molecule has 20 heavy (non-hydrogen) atoms. The van der Waals surface area contributed by atoms with Crippen molar-refractivity contribution < 1.29 is 18.0 Å². The number of rotatable bonds is 4. The van der Waals surface area contributed by atoms with Gasteiger partial charge >= 0.3 is 0 Å². The first-order valence-corrected chi connectivity index (χ1v) is 6.64. The van der Waals surface area contributed by atoms with Crippen molar-refractivity contribution >= 4 is 21.7 Å². The molecular formula is C15H10BrF3O. The Morgan fingerprint density at radius 1 is 0.900 bits per heavy atom. The highest BCUT2D eigenvalue weighted by Crippen LogP contribution is 2.17. The molecule has 0 aliphatic rings. The van der Waals surface area contributed by atoms with Crippen LogP contribution in [0.3, 0.4) is 0 Å². The number of benzene rings is 2. The standard InChI is InChI=1S/C15H10BrF3O/c16-11-2-4-14(18)10(5-11)7-13(20)6-9-1-3-12(17)8-15(9)19/h1-5,8H,6-7H2. The van der Waals surface area contributed by atoms with Crippen molar-refractivity contribution in [2.75, 3.05) is 0 Å². The van der Waals surface area contributed by atoms with E-state index in [0.717, 1.165) is 12.1 Å². The third-order valence-electron chi connectivity index (χ3n) is 2.80. The molecule has 0 saturated carbocycles. The quantitative estimate of drug-likeness (QED) is 0.812. The lowest BCUT2D eigenvalue weighted by molar-refractivity contribution is -0.117. The van der Waals surface area contributed by atoms with Crippen LogP contribution in [0.1, 0.15) is 11.1 Å². The zero-order chi connectivity index (χ0) is 14.7. The van der Waals surface area contributed by atoms with Crippen LogP contribution in [0.4, 0.5) is 13.2 Å². The molecule has 0 atom stereocenters. The van der Waals surface area contributed by atoms with Crippen LogP contribution in [0.15, 0.2) is 40.9 Å². The zero-order valence-electron chi connectivity index (χ0n) is 10.3. The fraction of sp³-hybridized carbons (Fsp3) is 0.133. The molecule has 0 heterocycles. The summed E-state index contributed by atoms with van der Waals surface area (Å²) in [6.45, 7) is 0. The molecule has 2 aromatic rings. The maximum atomic E-state index is 13.5. The monoisotopic (exact) mass is 342 g/mol. The number of carbonyl (C=O) groups is 1. The van der Waals surface area contributed by atoms with Crippen LogP contribution in [0.25, 0.3) is 0 Å². The Balaban J connectivity index is 2.11. The minimum absolute atomic E-state index is 0.104. The summed E-state index contributed by atoms with van der Waals surface area (Å²) < 4.78 is 40.3. The van der Waals surface area contributed by atoms with Crippen molar-refractivity contribution in [3.8, 4) is 0 Å². The van der Waals surface area contributed by atoms with Crippen LogP contribution in [0, 0.1) is 17.5 Å². The summed E-state index contributed by atoms with van der Waals surface area (Å²) in [6, 6.07) is 7.33. The van der Waals surface area contributed by atoms with Gasteiger partial charge in [0.1, 0.15) is 23.2 Å². The normalized spacial score (nSPS) is 10.6. The van der Waals surface area contributed by atoms with Gasteiger partial charge in [-0.05, 0) is 35.4 Å². The molecule has 0 bridgehead atoms. The molecule has 0 fully saturated rings. The number of hydrogen-bond acceptors (Lipinski definition) is 1. The van der Waals surface area contributed by atoms with Crippen LogP contribution in [-0.4, -0.2) is 5.78 Å². The molecule has 2 aromatic carbocycles. The first-order chi connectivity index (χ1) is 9.45. The fourth-order valence-corrected chi connectivity index (χ4v) is 2.24. The molecular weight excluding hydrogens is 333 g/mol. The Kier molecular flexibility index (Phi) is 4.60. The molecule has 0 radical (unpaired) electrons. The van der Waals surface area contributed by atoms with E-state index in [2.05, 4.69) is 15.9 Å². The second kappa shape index (κ2) is 6.22. The van der Waals surface area contributed by atoms with Gasteiger partial charge in [0.25, 0.3) is 0 Å². The van der Waals surface area contributed by atoms with Crippen molar-refractivity contribution in [2.24, 2.45) is 0 Å². The summed E-state index contributed by atoms with van der Waals surface area (Å²) in [5, 5.41) is 0. The van der Waals surface area contributed by atoms with Crippen LogP contribution < -0.4 is 0 Å². The Bertz CT molecular complexity index is 656. The van der Waals surface area contributed by atoms with Crippen LogP contribution in [-0.2, 0) is 17.6 Å². The summed E-state index contributed by atoms with van der Waals surface area (Å²) in [7, 11) is 0. The van der Waals surface area contributed by atoms with Gasteiger partial charge in [0.2, 0.25) is 0 Å². The molecule has 0 unspecified atom stereocenters. The van der Waals surface area contributed by atoms with Crippen LogP contribution >= 0.6 is 15.9 Å². The van der Waals surface area contributed by atoms with E-state index in [0.29, 0.717) is 4.47 Å². The molecule has 0 spiro atoms. The minimum Gasteiger partial charge on any atom is -0.299 e. The van der Waals surface area contributed by atoms with E-state index in [-0.39, 0.29) is 29.8 Å². The van der Waals surface area contributed by atoms with E-state index >= 15 is 0 Å². The first-order valence-electron chi connectivity index (χ1n) is 5.85. The minimum atomic E-state index is -0.770. The molecule has 0 N–H and O–H groups in total. The Morgan fingerprint density at radius 2 is 1.60 bits per heavy atom. The fourth-order valence-electron chi connectivity index (χ4n) is 1.83. The number of halogens is 4. The van der Waals surface area contributed by atoms with Crippen molar-refractivity contribution in [2.45, 2.75) is 12.8 Å². The highest BCUT2D eigenvalue weighted by atomic mass is 79.9. The van der Waals surface area contributed by atoms with Crippen molar-refractivity contribution in [3.63, 3.8) is 0 Å². The zero-order valence-corrected chi connectivity index (χ0v) is 11.9. The average Bonchev–Trinajstić information content (AvgIpc) is 2.37. The lowest BCUT2D eigenvalue weighted by atomic mass is 10.0. The molecule has 104 valence electrons. The second-order valence-corrected chi connectivity index (χ2v) is 5.28. The number of hydrogen-bond donors (Lipinski definition) is 0. The third-order valence-corrected chi connectivity index (χ3v) is 3.29. The van der Waals surface area contributed by atoms with Gasteiger partial charge < -0.3 is 0 Å². The van der Waals surface area contributed by atoms with E-state index < -0.39 is 17.5 Å². The smallest absolute Gasteiger partial charge is 0.141 e. The summed E-state index contributed by atoms with van der Waals surface area (Å²) in [5.41, 5.74) is 0.346. The van der Waals surface area contributed by atoms with Gasteiger partial charge in [-0.15, -0.1) is 0 Å². The molecule has 0 amide bonds. The average molecular weight is 343 g/mol. The molecule has 1 nitrogen and oxygen atoms in total. The van der Waals surface area contributed by atoms with Crippen molar-refractivity contribution in [1.82, 2.24) is 0 Å². The van der Waals surface area contributed by atoms with Crippen LogP contribution in [0.2, 0.25) is 0 Å². The van der Waals surface area contributed by atoms with Crippen molar-refractivity contribution in [3.05, 3.63) is 69.4 Å². The van der Waals surface area contributed by atoms with Gasteiger partial charge in [-0.25, -0.2) is 13.2 Å².